The van der Waals surface area contributed by atoms with Crippen LogP contribution in [-0.2, 0) is 4.79 Å². The maximum absolute atomic E-state index is 12.7. The normalized spacial score (nSPS) is 10.4. The number of hydrogen-bond donors (Lipinski definition) is 6. The SMILES string of the molecule is O=C(CCCCNC(=O)c1ccc(NC(=O)c2[nH]ncc2NC(=O)c2c(Cl)cccc2Cl)cc1)NO. The van der Waals surface area contributed by atoms with Crippen LogP contribution in [0.25, 0.3) is 0 Å². The van der Waals surface area contributed by atoms with Gasteiger partial charge in [-0.05, 0) is 49.2 Å². The summed E-state index contributed by atoms with van der Waals surface area (Å²) in [6.07, 6.45) is 2.52. The van der Waals surface area contributed by atoms with Gasteiger partial charge in [0.05, 0.1) is 27.5 Å². The average Bonchev–Trinajstić information content (AvgIpc) is 3.32. The lowest BCUT2D eigenvalue weighted by Crippen LogP contribution is -2.25. The molecule has 1 aromatic heterocycles. The second-order valence-electron chi connectivity index (χ2n) is 7.49. The van der Waals surface area contributed by atoms with Crippen molar-refractivity contribution in [2.45, 2.75) is 19.3 Å². The van der Waals surface area contributed by atoms with Gasteiger partial charge in [-0.2, -0.15) is 5.10 Å². The van der Waals surface area contributed by atoms with Crippen LogP contribution in [0.2, 0.25) is 10.0 Å². The molecule has 6 N–H and O–H groups in total. The first-order valence-corrected chi connectivity index (χ1v) is 11.5. The zero-order chi connectivity index (χ0) is 26.1. The maximum Gasteiger partial charge on any atom is 0.275 e. The summed E-state index contributed by atoms with van der Waals surface area (Å²) < 4.78 is 0. The smallest absolute Gasteiger partial charge is 0.275 e. The van der Waals surface area contributed by atoms with Crippen LogP contribution in [0, 0.1) is 0 Å². The average molecular weight is 533 g/mol. The highest BCUT2D eigenvalue weighted by Gasteiger charge is 2.20. The van der Waals surface area contributed by atoms with Crippen molar-refractivity contribution in [2.75, 3.05) is 17.2 Å². The van der Waals surface area contributed by atoms with Gasteiger partial charge in [-0.1, -0.05) is 29.3 Å². The molecule has 11 nitrogen and oxygen atoms in total. The Balaban J connectivity index is 1.55. The molecule has 3 rings (SSSR count). The number of benzene rings is 2. The van der Waals surface area contributed by atoms with Crippen LogP contribution in [-0.4, -0.2) is 45.6 Å². The Hall–Kier alpha value is -3.93. The third-order valence-electron chi connectivity index (χ3n) is 4.95. The van der Waals surface area contributed by atoms with Crippen molar-refractivity contribution in [3.8, 4) is 0 Å². The molecule has 0 aliphatic heterocycles. The Morgan fingerprint density at radius 2 is 1.58 bits per heavy atom. The van der Waals surface area contributed by atoms with Crippen molar-refractivity contribution in [1.82, 2.24) is 21.0 Å². The summed E-state index contributed by atoms with van der Waals surface area (Å²) in [4.78, 5) is 48.5. The quantitative estimate of drug-likeness (QED) is 0.132. The molecule has 0 fully saturated rings. The molecular weight excluding hydrogens is 511 g/mol. The van der Waals surface area contributed by atoms with Gasteiger partial charge >= 0.3 is 0 Å². The molecule has 0 bridgehead atoms. The number of unbranched alkanes of at least 4 members (excludes halogenated alkanes) is 1. The molecule has 0 saturated heterocycles. The summed E-state index contributed by atoms with van der Waals surface area (Å²) in [6.45, 7) is 0.365. The third-order valence-corrected chi connectivity index (χ3v) is 5.58. The van der Waals surface area contributed by atoms with Crippen LogP contribution >= 0.6 is 23.2 Å². The van der Waals surface area contributed by atoms with Crippen LogP contribution in [0.5, 0.6) is 0 Å². The largest absolute Gasteiger partial charge is 0.352 e. The molecule has 4 amide bonds. The second kappa shape index (κ2) is 12.7. The number of carbonyl (C=O) groups is 4. The molecule has 0 saturated carbocycles. The molecule has 0 aliphatic carbocycles. The van der Waals surface area contributed by atoms with Gasteiger partial charge in [0, 0.05) is 24.2 Å². The lowest BCUT2D eigenvalue weighted by atomic mass is 10.1. The van der Waals surface area contributed by atoms with Crippen LogP contribution in [0.1, 0.15) is 50.5 Å². The van der Waals surface area contributed by atoms with Crippen LogP contribution in [0.15, 0.2) is 48.7 Å². The van der Waals surface area contributed by atoms with Gasteiger partial charge in [-0.25, -0.2) is 5.48 Å². The molecule has 0 radical (unpaired) electrons. The van der Waals surface area contributed by atoms with Gasteiger partial charge < -0.3 is 16.0 Å². The van der Waals surface area contributed by atoms with Gasteiger partial charge in [0.25, 0.3) is 17.7 Å². The Morgan fingerprint density at radius 1 is 0.889 bits per heavy atom. The number of aromatic nitrogens is 2. The van der Waals surface area contributed by atoms with Crippen molar-refractivity contribution in [1.29, 1.82) is 0 Å². The molecule has 0 atom stereocenters. The molecule has 0 spiro atoms. The van der Waals surface area contributed by atoms with Crippen LogP contribution < -0.4 is 21.4 Å². The fraction of sp³-hybridized carbons (Fsp3) is 0.174. The Morgan fingerprint density at radius 3 is 2.25 bits per heavy atom. The van der Waals surface area contributed by atoms with Crippen molar-refractivity contribution in [2.24, 2.45) is 0 Å². The highest BCUT2D eigenvalue weighted by atomic mass is 35.5. The fourth-order valence-corrected chi connectivity index (χ4v) is 3.69. The number of nitrogens with one attached hydrogen (secondary N) is 5. The minimum atomic E-state index is -0.604. The first-order chi connectivity index (χ1) is 17.3. The van der Waals surface area contributed by atoms with E-state index in [0.717, 1.165) is 0 Å². The van der Waals surface area contributed by atoms with Gasteiger partial charge in [0.15, 0.2) is 0 Å². The van der Waals surface area contributed by atoms with E-state index in [1.54, 1.807) is 35.8 Å². The summed E-state index contributed by atoms with van der Waals surface area (Å²) >= 11 is 12.1. The Kier molecular flexibility index (Phi) is 9.39. The van der Waals surface area contributed by atoms with Gasteiger partial charge in [0.1, 0.15) is 5.69 Å². The van der Waals surface area contributed by atoms with E-state index in [9.17, 15) is 19.2 Å². The summed E-state index contributed by atoms with van der Waals surface area (Å²) in [5.74, 6) is -1.96. The van der Waals surface area contributed by atoms with Gasteiger partial charge in [0.2, 0.25) is 5.91 Å². The molecule has 2 aromatic carbocycles. The number of halogens is 2. The van der Waals surface area contributed by atoms with E-state index in [0.29, 0.717) is 30.6 Å². The van der Waals surface area contributed by atoms with Crippen LogP contribution in [0.3, 0.4) is 0 Å². The van der Waals surface area contributed by atoms with E-state index < -0.39 is 17.7 Å². The minimum absolute atomic E-state index is 0.00299. The standard InChI is InChI=1S/C23H22Cl2N6O5/c24-15-4-3-5-16(25)19(15)22(34)29-17-12-27-30-20(17)23(35)28-14-9-7-13(8-10-14)21(33)26-11-2-1-6-18(32)31-36/h3-5,7-10,12,36H,1-2,6,11H2,(H,26,33)(H,27,30)(H,28,35)(H,29,34)(H,31,32). The number of carbonyl (C=O) groups excluding carboxylic acids is 4. The number of hydrogen-bond acceptors (Lipinski definition) is 6. The molecular formula is C23H22Cl2N6O5. The van der Waals surface area contributed by atoms with E-state index >= 15 is 0 Å². The van der Waals surface area contributed by atoms with Crippen molar-refractivity contribution in [3.05, 3.63) is 75.5 Å². The second-order valence-corrected chi connectivity index (χ2v) is 8.30. The summed E-state index contributed by atoms with van der Waals surface area (Å²) in [7, 11) is 0. The number of H-pyrrole nitrogens is 1. The first-order valence-electron chi connectivity index (χ1n) is 10.7. The van der Waals surface area contributed by atoms with E-state index in [-0.39, 0.29) is 39.3 Å². The molecule has 13 heteroatoms. The fourth-order valence-electron chi connectivity index (χ4n) is 3.12. The number of amides is 4. The van der Waals surface area contributed by atoms with Crippen molar-refractivity contribution >= 4 is 58.2 Å². The topological polar surface area (TPSA) is 165 Å². The first kappa shape index (κ1) is 26.7. The van der Waals surface area contributed by atoms with Crippen molar-refractivity contribution < 1.29 is 24.4 Å². The van der Waals surface area contributed by atoms with Crippen molar-refractivity contribution in [3.63, 3.8) is 0 Å². The predicted molar refractivity (Wildman–Crippen MR) is 134 cm³/mol. The highest BCUT2D eigenvalue weighted by Crippen LogP contribution is 2.26. The van der Waals surface area contributed by atoms with Gasteiger partial charge in [-0.15, -0.1) is 0 Å². The molecule has 36 heavy (non-hydrogen) atoms. The van der Waals surface area contributed by atoms with E-state index in [2.05, 4.69) is 26.1 Å². The minimum Gasteiger partial charge on any atom is -0.352 e. The van der Waals surface area contributed by atoms with E-state index in [4.69, 9.17) is 28.4 Å². The third kappa shape index (κ3) is 7.04. The zero-order valence-corrected chi connectivity index (χ0v) is 20.2. The summed E-state index contributed by atoms with van der Waals surface area (Å²) in [5.41, 5.74) is 2.54. The number of rotatable bonds is 10. The molecule has 3 aromatic rings. The van der Waals surface area contributed by atoms with E-state index in [1.807, 2.05) is 0 Å². The van der Waals surface area contributed by atoms with Crippen LogP contribution in [0.4, 0.5) is 11.4 Å². The lowest BCUT2D eigenvalue weighted by Gasteiger charge is -2.10. The lowest BCUT2D eigenvalue weighted by molar-refractivity contribution is -0.129. The number of nitrogens with zero attached hydrogens (tertiary/aromatic N) is 1. The summed E-state index contributed by atoms with van der Waals surface area (Å²) in [6, 6.07) is 10.8. The maximum atomic E-state index is 12.7. The molecule has 1 heterocycles. The van der Waals surface area contributed by atoms with E-state index in [1.165, 1.54) is 18.3 Å². The predicted octanol–water partition coefficient (Wildman–Crippen LogP) is 3.63. The number of hydroxylamine groups is 1. The Labute approximate surface area is 215 Å². The van der Waals surface area contributed by atoms with Gasteiger partial charge in [-0.3, -0.25) is 29.5 Å². The monoisotopic (exact) mass is 532 g/mol. The molecule has 0 unspecified atom stereocenters. The zero-order valence-electron chi connectivity index (χ0n) is 18.7. The molecule has 0 aliphatic rings. The number of aromatic amines is 1. The number of anilines is 2. The highest BCUT2D eigenvalue weighted by molar-refractivity contribution is 6.40. The Bertz CT molecular complexity index is 1240. The molecule has 188 valence electrons. The summed E-state index contributed by atoms with van der Waals surface area (Å²) in [5, 5.41) is 23.1.